The van der Waals surface area contributed by atoms with Gasteiger partial charge in [-0.15, -0.1) is 0 Å². The second kappa shape index (κ2) is 5.91. The van der Waals surface area contributed by atoms with Crippen molar-refractivity contribution >= 4 is 17.1 Å². The molecule has 0 spiro atoms. The van der Waals surface area contributed by atoms with E-state index in [1.807, 2.05) is 0 Å². The first-order valence-electron chi connectivity index (χ1n) is 6.05. The van der Waals surface area contributed by atoms with Gasteiger partial charge in [0.2, 0.25) is 0 Å². The first-order valence-corrected chi connectivity index (χ1v) is 6.05. The molecule has 0 aliphatic heterocycles. The fourth-order valence-electron chi connectivity index (χ4n) is 1.76. The van der Waals surface area contributed by atoms with Crippen LogP contribution in [0.25, 0.3) is 0 Å². The highest BCUT2D eigenvalue weighted by Crippen LogP contribution is 2.25. The number of aromatic hydroxyl groups is 2. The van der Waals surface area contributed by atoms with Gasteiger partial charge in [0, 0.05) is 17.7 Å². The number of nitro groups is 1. The summed E-state index contributed by atoms with van der Waals surface area (Å²) < 4.78 is 0. The van der Waals surface area contributed by atoms with Crippen LogP contribution in [0.4, 0.5) is 11.4 Å². The largest absolute Gasteiger partial charge is 0.508 e. The third-order valence-electron chi connectivity index (χ3n) is 2.82. The molecule has 0 aliphatic rings. The molecular weight excluding hydrogens is 274 g/mol. The summed E-state index contributed by atoms with van der Waals surface area (Å²) in [5.74, 6) is -0.184. The summed E-state index contributed by atoms with van der Waals surface area (Å²) in [7, 11) is 0. The van der Waals surface area contributed by atoms with Crippen LogP contribution in [0, 0.1) is 10.1 Å². The molecule has 0 saturated carbocycles. The average Bonchev–Trinajstić information content (AvgIpc) is 2.45. The van der Waals surface area contributed by atoms with Crippen molar-refractivity contribution in [2.24, 2.45) is 5.10 Å². The molecule has 0 fully saturated rings. The molecule has 0 heterocycles. The highest BCUT2D eigenvalue weighted by Gasteiger charge is 2.12. The summed E-state index contributed by atoms with van der Waals surface area (Å²) >= 11 is 0. The third-order valence-corrected chi connectivity index (χ3v) is 2.82. The van der Waals surface area contributed by atoms with Gasteiger partial charge in [-0.05, 0) is 25.1 Å². The van der Waals surface area contributed by atoms with Crippen LogP contribution in [0.5, 0.6) is 11.5 Å². The molecule has 2 aromatic rings. The molecule has 0 atom stereocenters. The molecule has 0 unspecified atom stereocenters. The molecule has 0 aliphatic carbocycles. The van der Waals surface area contributed by atoms with Crippen molar-refractivity contribution in [1.82, 2.24) is 0 Å². The second-order valence-electron chi connectivity index (χ2n) is 4.28. The Hall–Kier alpha value is -3.09. The van der Waals surface area contributed by atoms with E-state index in [0.717, 1.165) is 0 Å². The fourth-order valence-corrected chi connectivity index (χ4v) is 1.76. The lowest BCUT2D eigenvalue weighted by Gasteiger charge is -2.06. The Labute approximate surface area is 120 Å². The van der Waals surface area contributed by atoms with Crippen molar-refractivity contribution in [3.8, 4) is 11.5 Å². The van der Waals surface area contributed by atoms with E-state index in [0.29, 0.717) is 11.3 Å². The Morgan fingerprint density at radius 3 is 2.62 bits per heavy atom. The molecule has 2 rings (SSSR count). The number of nitrogens with one attached hydrogen (secondary N) is 1. The fraction of sp³-hybridized carbons (Fsp3) is 0.0714. The highest BCUT2D eigenvalue weighted by atomic mass is 16.6. The normalized spacial score (nSPS) is 11.2. The number of hydrogen-bond acceptors (Lipinski definition) is 6. The van der Waals surface area contributed by atoms with Crippen LogP contribution in [-0.2, 0) is 0 Å². The number of anilines is 1. The minimum absolute atomic E-state index is 0.0595. The van der Waals surface area contributed by atoms with Gasteiger partial charge in [0.15, 0.2) is 0 Å². The number of rotatable bonds is 4. The Kier molecular flexibility index (Phi) is 4.03. The molecular formula is C14H13N3O4. The molecule has 0 saturated heterocycles. The van der Waals surface area contributed by atoms with Gasteiger partial charge in [-0.3, -0.25) is 15.5 Å². The van der Waals surface area contributed by atoms with E-state index in [2.05, 4.69) is 10.5 Å². The van der Waals surface area contributed by atoms with Gasteiger partial charge < -0.3 is 10.2 Å². The maximum Gasteiger partial charge on any atom is 0.294 e. The number of hydrogen-bond donors (Lipinski definition) is 3. The maximum absolute atomic E-state index is 10.9. The lowest BCUT2D eigenvalue weighted by Crippen LogP contribution is -2.02. The summed E-state index contributed by atoms with van der Waals surface area (Å²) in [6.45, 7) is 1.63. The number of phenolic OH excluding ortho intramolecular Hbond substituents is 2. The standard InChI is InChI=1S/C14H13N3O4/c1-9(11-7-6-10(18)8-14(11)19)15-16-12-4-2-3-5-13(12)17(20)21/h2-8,16,18-19H,1H3. The van der Waals surface area contributed by atoms with E-state index < -0.39 is 4.92 Å². The number of phenols is 2. The van der Waals surface area contributed by atoms with Crippen LogP contribution in [-0.4, -0.2) is 20.8 Å². The second-order valence-corrected chi connectivity index (χ2v) is 4.28. The molecule has 2 aromatic carbocycles. The molecule has 0 amide bonds. The summed E-state index contributed by atoms with van der Waals surface area (Å²) in [5, 5.41) is 33.9. The Morgan fingerprint density at radius 1 is 1.24 bits per heavy atom. The number of hydrazone groups is 1. The van der Waals surface area contributed by atoms with Gasteiger partial charge >= 0.3 is 0 Å². The molecule has 0 aromatic heterocycles. The lowest BCUT2D eigenvalue weighted by atomic mass is 10.1. The number of para-hydroxylation sites is 2. The van der Waals surface area contributed by atoms with E-state index in [-0.39, 0.29) is 22.9 Å². The number of benzene rings is 2. The summed E-state index contributed by atoms with van der Waals surface area (Å²) in [6, 6.07) is 10.2. The van der Waals surface area contributed by atoms with Crippen molar-refractivity contribution in [2.45, 2.75) is 6.92 Å². The van der Waals surface area contributed by atoms with Crippen LogP contribution >= 0.6 is 0 Å². The summed E-state index contributed by atoms with van der Waals surface area (Å²) in [6.07, 6.45) is 0. The van der Waals surface area contributed by atoms with Crippen LogP contribution in [0.3, 0.4) is 0 Å². The van der Waals surface area contributed by atoms with E-state index in [1.165, 1.54) is 30.3 Å². The predicted molar refractivity (Wildman–Crippen MR) is 78.7 cm³/mol. The Morgan fingerprint density at radius 2 is 1.95 bits per heavy atom. The van der Waals surface area contributed by atoms with Gasteiger partial charge in [-0.2, -0.15) is 5.10 Å². The smallest absolute Gasteiger partial charge is 0.294 e. The zero-order valence-corrected chi connectivity index (χ0v) is 11.1. The molecule has 3 N–H and O–H groups in total. The maximum atomic E-state index is 10.9. The molecule has 21 heavy (non-hydrogen) atoms. The summed E-state index contributed by atoms with van der Waals surface area (Å²) in [5.41, 5.74) is 3.60. The predicted octanol–water partition coefficient (Wildman–Crippen LogP) is 2.84. The van der Waals surface area contributed by atoms with Crippen molar-refractivity contribution < 1.29 is 15.1 Å². The van der Waals surface area contributed by atoms with E-state index in [4.69, 9.17) is 0 Å². The van der Waals surface area contributed by atoms with Gasteiger partial charge in [0.25, 0.3) is 5.69 Å². The highest BCUT2D eigenvalue weighted by molar-refractivity contribution is 6.01. The van der Waals surface area contributed by atoms with Crippen molar-refractivity contribution in [1.29, 1.82) is 0 Å². The molecule has 0 radical (unpaired) electrons. The monoisotopic (exact) mass is 287 g/mol. The minimum atomic E-state index is -0.509. The zero-order valence-electron chi connectivity index (χ0n) is 11.1. The van der Waals surface area contributed by atoms with Crippen LogP contribution in [0.1, 0.15) is 12.5 Å². The zero-order chi connectivity index (χ0) is 15.4. The molecule has 0 bridgehead atoms. The number of nitrogens with zero attached hydrogens (tertiary/aromatic N) is 2. The molecule has 108 valence electrons. The van der Waals surface area contributed by atoms with E-state index in [9.17, 15) is 20.3 Å². The summed E-state index contributed by atoms with van der Waals surface area (Å²) in [4.78, 5) is 10.4. The lowest BCUT2D eigenvalue weighted by molar-refractivity contribution is -0.384. The Bertz CT molecular complexity index is 713. The molecule has 7 nitrogen and oxygen atoms in total. The first kappa shape index (κ1) is 14.3. The number of nitro benzene ring substituents is 1. The van der Waals surface area contributed by atoms with Crippen LogP contribution < -0.4 is 5.43 Å². The van der Waals surface area contributed by atoms with Crippen LogP contribution in [0.15, 0.2) is 47.6 Å². The van der Waals surface area contributed by atoms with Gasteiger partial charge in [0.1, 0.15) is 17.2 Å². The average molecular weight is 287 g/mol. The quantitative estimate of drug-likeness (QED) is 0.455. The third kappa shape index (κ3) is 3.27. The minimum Gasteiger partial charge on any atom is -0.508 e. The van der Waals surface area contributed by atoms with Crippen molar-refractivity contribution in [3.05, 3.63) is 58.1 Å². The topological polar surface area (TPSA) is 108 Å². The Balaban J connectivity index is 2.27. The van der Waals surface area contributed by atoms with Gasteiger partial charge in [-0.25, -0.2) is 0 Å². The van der Waals surface area contributed by atoms with Crippen LogP contribution in [0.2, 0.25) is 0 Å². The van der Waals surface area contributed by atoms with Crippen molar-refractivity contribution in [3.63, 3.8) is 0 Å². The first-order chi connectivity index (χ1) is 9.99. The van der Waals surface area contributed by atoms with E-state index >= 15 is 0 Å². The van der Waals surface area contributed by atoms with E-state index in [1.54, 1.807) is 19.1 Å². The van der Waals surface area contributed by atoms with Gasteiger partial charge in [-0.1, -0.05) is 12.1 Å². The van der Waals surface area contributed by atoms with Gasteiger partial charge in [0.05, 0.1) is 10.6 Å². The molecule has 7 heteroatoms. The van der Waals surface area contributed by atoms with Crippen molar-refractivity contribution in [2.75, 3.05) is 5.43 Å². The SMILES string of the molecule is CC(=NNc1ccccc1[N+](=O)[O-])c1ccc(O)cc1O.